The lowest BCUT2D eigenvalue weighted by molar-refractivity contribution is -0.120. The number of nitrogens with zero attached hydrogens (tertiary/aromatic N) is 2. The summed E-state index contributed by atoms with van der Waals surface area (Å²) in [4.78, 5) is 30.7. The van der Waals surface area contributed by atoms with Crippen LogP contribution in [-0.2, 0) is 16.0 Å². The van der Waals surface area contributed by atoms with Crippen LogP contribution in [0, 0.1) is 0 Å². The molecule has 5 rings (SSSR count). The monoisotopic (exact) mass is 444 g/mol. The highest BCUT2D eigenvalue weighted by molar-refractivity contribution is 6.46. The standard InChI is InChI=1S/C26H21ClN2O3/c1-32-21-14-8-18(9-15-21)23-24(28-16-4-6-17-5-2-3-7-22(17)28)26(31)29(25(23)30)20-12-10-19(27)11-13-20/h2-3,5,7-15H,4,6,16H2,1H3. The molecular formula is C26H21ClN2O3. The van der Waals surface area contributed by atoms with Gasteiger partial charge in [0, 0.05) is 17.3 Å². The van der Waals surface area contributed by atoms with Crippen LogP contribution in [0.5, 0.6) is 5.75 Å². The Labute approximate surface area is 191 Å². The van der Waals surface area contributed by atoms with Gasteiger partial charge in [0.05, 0.1) is 18.4 Å². The highest BCUT2D eigenvalue weighted by Gasteiger charge is 2.43. The van der Waals surface area contributed by atoms with Gasteiger partial charge in [-0.1, -0.05) is 41.9 Å². The van der Waals surface area contributed by atoms with Gasteiger partial charge in [0.1, 0.15) is 11.4 Å². The zero-order valence-corrected chi connectivity index (χ0v) is 18.3. The first-order valence-electron chi connectivity index (χ1n) is 10.5. The van der Waals surface area contributed by atoms with E-state index in [-0.39, 0.29) is 11.8 Å². The number of rotatable bonds is 4. The number of fused-ring (bicyclic) bond motifs is 1. The number of carbonyl (C=O) groups is 2. The van der Waals surface area contributed by atoms with Gasteiger partial charge in [0.2, 0.25) is 0 Å². The summed E-state index contributed by atoms with van der Waals surface area (Å²) in [6, 6.07) is 22.0. The van der Waals surface area contributed by atoms with Crippen molar-refractivity contribution >= 4 is 40.4 Å². The zero-order chi connectivity index (χ0) is 22.2. The smallest absolute Gasteiger partial charge is 0.282 e. The van der Waals surface area contributed by atoms with E-state index < -0.39 is 0 Å². The van der Waals surface area contributed by atoms with E-state index in [0.717, 1.165) is 18.5 Å². The molecule has 2 heterocycles. The lowest BCUT2D eigenvalue weighted by Gasteiger charge is -2.32. The molecule has 3 aromatic rings. The number of amides is 2. The second kappa shape index (κ2) is 8.17. The van der Waals surface area contributed by atoms with E-state index in [1.807, 2.05) is 35.2 Å². The molecule has 0 radical (unpaired) electrons. The molecule has 0 atom stereocenters. The van der Waals surface area contributed by atoms with Crippen LogP contribution in [0.2, 0.25) is 5.02 Å². The Bertz CT molecular complexity index is 1230. The molecule has 0 aromatic heterocycles. The summed E-state index contributed by atoms with van der Waals surface area (Å²) in [6.07, 6.45) is 1.85. The van der Waals surface area contributed by atoms with Gasteiger partial charge >= 0.3 is 0 Å². The first-order chi connectivity index (χ1) is 15.6. The Balaban J connectivity index is 1.68. The fourth-order valence-electron chi connectivity index (χ4n) is 4.38. The Morgan fingerprint density at radius 3 is 2.31 bits per heavy atom. The summed E-state index contributed by atoms with van der Waals surface area (Å²) in [6.45, 7) is 0.666. The van der Waals surface area contributed by atoms with Crippen LogP contribution >= 0.6 is 11.6 Å². The minimum Gasteiger partial charge on any atom is -0.497 e. The molecule has 32 heavy (non-hydrogen) atoms. The molecule has 0 aliphatic carbocycles. The predicted molar refractivity (Wildman–Crippen MR) is 126 cm³/mol. The van der Waals surface area contributed by atoms with Crippen molar-refractivity contribution in [2.45, 2.75) is 12.8 Å². The Kier molecular flexibility index (Phi) is 5.19. The van der Waals surface area contributed by atoms with Crippen molar-refractivity contribution < 1.29 is 14.3 Å². The minimum atomic E-state index is -0.347. The van der Waals surface area contributed by atoms with E-state index in [9.17, 15) is 9.59 Å². The summed E-state index contributed by atoms with van der Waals surface area (Å²) in [7, 11) is 1.59. The fraction of sp³-hybridized carbons (Fsp3) is 0.154. The average molecular weight is 445 g/mol. The lowest BCUT2D eigenvalue weighted by Crippen LogP contribution is -2.37. The van der Waals surface area contributed by atoms with E-state index in [2.05, 4.69) is 6.07 Å². The molecule has 3 aromatic carbocycles. The van der Waals surface area contributed by atoms with E-state index in [1.54, 1.807) is 43.5 Å². The Hall–Kier alpha value is -3.57. The lowest BCUT2D eigenvalue weighted by atomic mass is 9.98. The third-order valence-corrected chi connectivity index (χ3v) is 6.16. The van der Waals surface area contributed by atoms with Crippen molar-refractivity contribution in [1.29, 1.82) is 0 Å². The number of anilines is 2. The second-order valence-electron chi connectivity index (χ2n) is 7.76. The molecule has 0 saturated carbocycles. The number of para-hydroxylation sites is 1. The molecule has 0 spiro atoms. The number of aryl methyl sites for hydroxylation is 1. The Morgan fingerprint density at radius 1 is 0.875 bits per heavy atom. The maximum Gasteiger partial charge on any atom is 0.282 e. The maximum atomic E-state index is 13.8. The summed E-state index contributed by atoms with van der Waals surface area (Å²) >= 11 is 6.03. The number of halogens is 1. The molecule has 0 N–H and O–H groups in total. The van der Waals surface area contributed by atoms with Gasteiger partial charge in [-0.2, -0.15) is 0 Å². The molecule has 5 nitrogen and oxygen atoms in total. The first kappa shape index (κ1) is 20.3. The van der Waals surface area contributed by atoms with Crippen LogP contribution in [0.15, 0.2) is 78.5 Å². The van der Waals surface area contributed by atoms with E-state index in [0.29, 0.717) is 39.8 Å². The number of methoxy groups -OCH3 is 1. The quantitative estimate of drug-likeness (QED) is 0.526. The van der Waals surface area contributed by atoms with Crippen LogP contribution in [0.25, 0.3) is 5.57 Å². The van der Waals surface area contributed by atoms with Gasteiger partial charge in [-0.05, 0) is 66.4 Å². The van der Waals surface area contributed by atoms with Crippen LogP contribution in [0.4, 0.5) is 11.4 Å². The number of benzene rings is 3. The van der Waals surface area contributed by atoms with E-state index >= 15 is 0 Å². The third-order valence-electron chi connectivity index (χ3n) is 5.90. The third kappa shape index (κ3) is 3.35. The van der Waals surface area contributed by atoms with Gasteiger partial charge < -0.3 is 9.64 Å². The van der Waals surface area contributed by atoms with Gasteiger partial charge in [-0.15, -0.1) is 0 Å². The molecule has 160 valence electrons. The molecule has 0 bridgehead atoms. The summed E-state index contributed by atoms with van der Waals surface area (Å²) in [5, 5.41) is 0.543. The van der Waals surface area contributed by atoms with Crippen LogP contribution in [0.1, 0.15) is 17.5 Å². The van der Waals surface area contributed by atoms with Gasteiger partial charge in [-0.3, -0.25) is 9.59 Å². The second-order valence-corrected chi connectivity index (χ2v) is 8.19. The van der Waals surface area contributed by atoms with Crippen molar-refractivity contribution in [2.75, 3.05) is 23.5 Å². The maximum absolute atomic E-state index is 13.8. The van der Waals surface area contributed by atoms with Gasteiger partial charge in [0.25, 0.3) is 11.8 Å². The highest BCUT2D eigenvalue weighted by Crippen LogP contribution is 2.39. The number of imide groups is 1. The predicted octanol–water partition coefficient (Wildman–Crippen LogP) is 5.09. The molecule has 2 aliphatic rings. The minimum absolute atomic E-state index is 0.333. The number of ether oxygens (including phenoxy) is 1. The van der Waals surface area contributed by atoms with Crippen molar-refractivity contribution in [3.8, 4) is 5.75 Å². The zero-order valence-electron chi connectivity index (χ0n) is 17.5. The van der Waals surface area contributed by atoms with Gasteiger partial charge in [0.15, 0.2) is 0 Å². The van der Waals surface area contributed by atoms with Crippen molar-refractivity contribution in [3.05, 3.63) is 94.6 Å². The van der Waals surface area contributed by atoms with E-state index in [4.69, 9.17) is 16.3 Å². The van der Waals surface area contributed by atoms with Crippen LogP contribution in [-0.4, -0.2) is 25.5 Å². The van der Waals surface area contributed by atoms with Crippen molar-refractivity contribution in [2.24, 2.45) is 0 Å². The fourth-order valence-corrected chi connectivity index (χ4v) is 4.50. The molecule has 2 amide bonds. The SMILES string of the molecule is COc1ccc(C2=C(N3CCCc4ccccc43)C(=O)N(c3ccc(Cl)cc3)C2=O)cc1. The molecule has 0 saturated heterocycles. The summed E-state index contributed by atoms with van der Waals surface area (Å²) in [5.74, 6) is 0.00550. The van der Waals surface area contributed by atoms with Gasteiger partial charge in [-0.25, -0.2) is 4.90 Å². The van der Waals surface area contributed by atoms with Crippen LogP contribution in [0.3, 0.4) is 0 Å². The molecule has 0 unspecified atom stereocenters. The summed E-state index contributed by atoms with van der Waals surface area (Å²) < 4.78 is 5.27. The molecule has 2 aliphatic heterocycles. The largest absolute Gasteiger partial charge is 0.497 e. The molecule has 6 heteroatoms. The normalized spacial score (nSPS) is 15.9. The molecule has 0 fully saturated rings. The number of carbonyl (C=O) groups excluding carboxylic acids is 2. The summed E-state index contributed by atoms with van der Waals surface area (Å²) in [5.41, 5.74) is 4.12. The van der Waals surface area contributed by atoms with Crippen LogP contribution < -0.4 is 14.5 Å². The first-order valence-corrected chi connectivity index (χ1v) is 10.8. The Morgan fingerprint density at radius 2 is 1.59 bits per heavy atom. The highest BCUT2D eigenvalue weighted by atomic mass is 35.5. The van der Waals surface area contributed by atoms with Crippen molar-refractivity contribution in [3.63, 3.8) is 0 Å². The van der Waals surface area contributed by atoms with E-state index in [1.165, 1.54) is 10.5 Å². The molecular weight excluding hydrogens is 424 g/mol. The topological polar surface area (TPSA) is 49.9 Å². The number of hydrogen-bond donors (Lipinski definition) is 0. The van der Waals surface area contributed by atoms with Crippen molar-refractivity contribution in [1.82, 2.24) is 0 Å². The number of hydrogen-bond acceptors (Lipinski definition) is 4. The average Bonchev–Trinajstić information content (AvgIpc) is 3.09.